The van der Waals surface area contributed by atoms with Gasteiger partial charge in [0.25, 0.3) is 0 Å². The third kappa shape index (κ3) is 2.96. The molecule has 0 spiro atoms. The molecule has 1 fully saturated rings. The maximum Gasteiger partial charge on any atom is 0.451 e. The molecule has 0 radical (unpaired) electrons. The first-order valence-electron chi connectivity index (χ1n) is 6.69. The van der Waals surface area contributed by atoms with Gasteiger partial charge >= 0.3 is 6.18 Å². The van der Waals surface area contributed by atoms with E-state index in [4.69, 9.17) is 0 Å². The van der Waals surface area contributed by atoms with Crippen LogP contribution in [0, 0.1) is 0 Å². The molecular formula is C14H13F3N4. The fourth-order valence-electron chi connectivity index (χ4n) is 2.32. The summed E-state index contributed by atoms with van der Waals surface area (Å²) >= 11 is 0. The molecule has 1 aliphatic carbocycles. The first-order valence-corrected chi connectivity index (χ1v) is 6.69. The maximum atomic E-state index is 12.8. The topological polar surface area (TPSA) is 50.2 Å². The molecule has 0 bridgehead atoms. The quantitative estimate of drug-likeness (QED) is 0.852. The second-order valence-electron chi connectivity index (χ2n) is 4.91. The predicted octanol–water partition coefficient (Wildman–Crippen LogP) is 3.99. The number of hydrogen-bond acceptors (Lipinski definition) is 4. The minimum atomic E-state index is -4.58. The van der Waals surface area contributed by atoms with Crippen LogP contribution in [0.2, 0.25) is 0 Å². The molecule has 0 unspecified atom stereocenters. The van der Waals surface area contributed by atoms with Gasteiger partial charge in [-0.15, -0.1) is 0 Å². The molecule has 4 nitrogen and oxygen atoms in total. The van der Waals surface area contributed by atoms with E-state index < -0.39 is 12.0 Å². The number of anilines is 1. The van der Waals surface area contributed by atoms with Crippen LogP contribution >= 0.6 is 0 Å². The number of benzene rings is 1. The van der Waals surface area contributed by atoms with Crippen LogP contribution in [0.1, 0.15) is 31.5 Å². The second kappa shape index (κ2) is 5.31. The van der Waals surface area contributed by atoms with Crippen molar-refractivity contribution in [3.8, 4) is 0 Å². The zero-order chi connectivity index (χ0) is 14.9. The fraction of sp³-hybridized carbons (Fsp3) is 0.357. The molecule has 3 rings (SSSR count). The Morgan fingerprint density at radius 3 is 2.48 bits per heavy atom. The van der Waals surface area contributed by atoms with Crippen LogP contribution in [-0.2, 0) is 6.18 Å². The average molecular weight is 294 g/mol. The van der Waals surface area contributed by atoms with Gasteiger partial charge in [0, 0.05) is 11.1 Å². The molecule has 2 aromatic rings. The van der Waals surface area contributed by atoms with E-state index in [0.717, 1.165) is 31.4 Å². The lowest BCUT2D eigenvalue weighted by Crippen LogP contribution is -2.13. The molecule has 0 aliphatic heterocycles. The van der Waals surface area contributed by atoms with Gasteiger partial charge in [-0.3, -0.25) is 5.43 Å². The Morgan fingerprint density at radius 1 is 1.05 bits per heavy atom. The summed E-state index contributed by atoms with van der Waals surface area (Å²) in [4.78, 5) is 7.14. The standard InChI is InChI=1S/C14H13F3N4/c15-14(16,17)13-18-11-8-4-3-7-10(11)12(19-13)21-20-9-5-1-2-6-9/h3-4,7-8H,1-2,5-6H2,(H,18,19,21). The lowest BCUT2D eigenvalue weighted by Gasteiger charge is -2.10. The largest absolute Gasteiger partial charge is 0.451 e. The molecule has 1 heterocycles. The van der Waals surface area contributed by atoms with Crippen molar-refractivity contribution in [1.82, 2.24) is 9.97 Å². The van der Waals surface area contributed by atoms with Crippen molar-refractivity contribution in [2.45, 2.75) is 31.9 Å². The van der Waals surface area contributed by atoms with Gasteiger partial charge in [-0.2, -0.15) is 18.3 Å². The summed E-state index contributed by atoms with van der Waals surface area (Å²) in [6.45, 7) is 0. The van der Waals surface area contributed by atoms with E-state index in [1.165, 1.54) is 6.07 Å². The number of aromatic nitrogens is 2. The van der Waals surface area contributed by atoms with Crippen molar-refractivity contribution in [1.29, 1.82) is 0 Å². The van der Waals surface area contributed by atoms with Crippen molar-refractivity contribution in [2.75, 3.05) is 5.43 Å². The molecule has 110 valence electrons. The van der Waals surface area contributed by atoms with Gasteiger partial charge in [0.05, 0.1) is 5.52 Å². The van der Waals surface area contributed by atoms with Crippen LogP contribution in [0.4, 0.5) is 19.0 Å². The van der Waals surface area contributed by atoms with Crippen molar-refractivity contribution in [3.63, 3.8) is 0 Å². The number of nitrogens with one attached hydrogen (secondary N) is 1. The van der Waals surface area contributed by atoms with Gasteiger partial charge in [0.1, 0.15) is 0 Å². The molecule has 1 aromatic carbocycles. The molecule has 0 atom stereocenters. The summed E-state index contributed by atoms with van der Waals surface area (Å²) in [5.41, 5.74) is 3.89. The number of rotatable bonds is 2. The number of halogens is 3. The van der Waals surface area contributed by atoms with Gasteiger partial charge < -0.3 is 0 Å². The first kappa shape index (κ1) is 13.8. The highest BCUT2D eigenvalue weighted by Gasteiger charge is 2.35. The van der Waals surface area contributed by atoms with Crippen molar-refractivity contribution < 1.29 is 13.2 Å². The Hall–Kier alpha value is -2.18. The van der Waals surface area contributed by atoms with Gasteiger partial charge in [0.15, 0.2) is 5.82 Å². The first-order chi connectivity index (χ1) is 10.0. The zero-order valence-electron chi connectivity index (χ0n) is 11.1. The van der Waals surface area contributed by atoms with Crippen LogP contribution < -0.4 is 5.43 Å². The van der Waals surface area contributed by atoms with E-state index in [9.17, 15) is 13.2 Å². The number of hydrogen-bond donors (Lipinski definition) is 1. The minimum Gasteiger partial charge on any atom is -0.261 e. The summed E-state index contributed by atoms with van der Waals surface area (Å²) in [5.74, 6) is -1.07. The third-order valence-corrected chi connectivity index (χ3v) is 3.36. The minimum absolute atomic E-state index is 0.0901. The van der Waals surface area contributed by atoms with Crippen LogP contribution in [0.25, 0.3) is 10.9 Å². The number of para-hydroxylation sites is 1. The fourth-order valence-corrected chi connectivity index (χ4v) is 2.32. The summed E-state index contributed by atoms with van der Waals surface area (Å²) in [6.07, 6.45) is -0.692. The summed E-state index contributed by atoms with van der Waals surface area (Å²) in [5, 5.41) is 4.70. The summed E-state index contributed by atoms with van der Waals surface area (Å²) in [7, 11) is 0. The van der Waals surface area contributed by atoms with E-state index in [2.05, 4.69) is 20.5 Å². The molecule has 0 saturated heterocycles. The molecule has 21 heavy (non-hydrogen) atoms. The zero-order valence-corrected chi connectivity index (χ0v) is 11.1. The molecule has 1 aromatic heterocycles. The van der Waals surface area contributed by atoms with E-state index in [1.807, 2.05) is 0 Å². The van der Waals surface area contributed by atoms with Crippen LogP contribution in [0.15, 0.2) is 29.4 Å². The van der Waals surface area contributed by atoms with Gasteiger partial charge in [-0.25, -0.2) is 9.97 Å². The lowest BCUT2D eigenvalue weighted by molar-refractivity contribution is -0.144. The van der Waals surface area contributed by atoms with E-state index in [1.54, 1.807) is 18.2 Å². The second-order valence-corrected chi connectivity index (χ2v) is 4.91. The molecule has 1 aliphatic rings. The van der Waals surface area contributed by atoms with Gasteiger partial charge in [-0.05, 0) is 37.8 Å². The van der Waals surface area contributed by atoms with Crippen LogP contribution in [-0.4, -0.2) is 15.7 Å². The Labute approximate surface area is 119 Å². The van der Waals surface area contributed by atoms with Gasteiger partial charge in [-0.1, -0.05) is 12.1 Å². The number of hydrazone groups is 1. The number of nitrogens with zero attached hydrogens (tertiary/aromatic N) is 3. The molecule has 1 N–H and O–H groups in total. The Kier molecular flexibility index (Phi) is 3.48. The predicted molar refractivity (Wildman–Crippen MR) is 74.1 cm³/mol. The Balaban J connectivity index is 2.04. The highest BCUT2D eigenvalue weighted by atomic mass is 19.4. The summed E-state index contributed by atoms with van der Waals surface area (Å²) < 4.78 is 38.5. The molecule has 0 amide bonds. The SMILES string of the molecule is FC(F)(F)c1nc(NN=C2CCCC2)c2ccccc2n1. The number of alkyl halides is 3. The van der Waals surface area contributed by atoms with E-state index in [0.29, 0.717) is 5.39 Å². The molecule has 7 heteroatoms. The normalized spacial score (nSPS) is 15.5. The molecular weight excluding hydrogens is 281 g/mol. The third-order valence-electron chi connectivity index (χ3n) is 3.36. The average Bonchev–Trinajstić information content (AvgIpc) is 2.96. The smallest absolute Gasteiger partial charge is 0.261 e. The van der Waals surface area contributed by atoms with Crippen molar-refractivity contribution in [3.05, 3.63) is 30.1 Å². The number of fused-ring (bicyclic) bond motifs is 1. The summed E-state index contributed by atoms with van der Waals surface area (Å²) in [6, 6.07) is 6.57. The highest BCUT2D eigenvalue weighted by molar-refractivity contribution is 5.91. The van der Waals surface area contributed by atoms with Crippen molar-refractivity contribution >= 4 is 22.4 Å². The van der Waals surface area contributed by atoms with Crippen LogP contribution in [0.3, 0.4) is 0 Å². The van der Waals surface area contributed by atoms with Crippen LogP contribution in [0.5, 0.6) is 0 Å². The monoisotopic (exact) mass is 294 g/mol. The van der Waals surface area contributed by atoms with Gasteiger partial charge in [0.2, 0.25) is 5.82 Å². The highest BCUT2D eigenvalue weighted by Crippen LogP contribution is 2.30. The van der Waals surface area contributed by atoms with Crippen molar-refractivity contribution in [2.24, 2.45) is 5.10 Å². The Bertz CT molecular complexity index is 686. The Morgan fingerprint density at radius 2 is 1.76 bits per heavy atom. The lowest BCUT2D eigenvalue weighted by atomic mass is 10.2. The molecule has 1 saturated carbocycles. The van der Waals surface area contributed by atoms with E-state index in [-0.39, 0.29) is 11.3 Å². The maximum absolute atomic E-state index is 12.8. The van der Waals surface area contributed by atoms with E-state index >= 15 is 0 Å².